The number of ether oxygens (including phenoxy) is 3. The minimum absolute atomic E-state index is 0.00147. The van der Waals surface area contributed by atoms with E-state index in [9.17, 15) is 9.59 Å². The number of nitrogens with zero attached hydrogens (tertiary/aromatic N) is 1. The Balaban J connectivity index is 2.03. The molecule has 0 amide bonds. The van der Waals surface area contributed by atoms with E-state index in [0.717, 1.165) is 6.42 Å². The molecule has 4 atom stereocenters. The highest BCUT2D eigenvalue weighted by Gasteiger charge is 2.64. The SMILES string of the molecule is Cc1cn([C@@H]2O[C@@]3(CC(C)(C)C)CO[C@H]2C3OC(C)(C)C)c(=O)[nH]c1=O. The molecule has 1 N–H and O–H groups in total. The second-order valence-corrected chi connectivity index (χ2v) is 9.72. The van der Waals surface area contributed by atoms with Crippen LogP contribution in [0.2, 0.25) is 0 Å². The number of rotatable bonds is 3. The van der Waals surface area contributed by atoms with Crippen LogP contribution < -0.4 is 11.2 Å². The summed E-state index contributed by atoms with van der Waals surface area (Å²) in [5, 5.41) is 0. The van der Waals surface area contributed by atoms with E-state index >= 15 is 0 Å². The van der Waals surface area contributed by atoms with Crippen molar-refractivity contribution in [2.75, 3.05) is 6.61 Å². The predicted octanol–water partition coefficient (Wildman–Crippen LogP) is 2.13. The summed E-state index contributed by atoms with van der Waals surface area (Å²) < 4.78 is 20.2. The molecule has 7 nitrogen and oxygen atoms in total. The van der Waals surface area contributed by atoms with Gasteiger partial charge >= 0.3 is 5.69 Å². The molecular weight excluding hydrogens is 336 g/mol. The Kier molecular flexibility index (Phi) is 4.49. The van der Waals surface area contributed by atoms with Crippen LogP contribution in [0, 0.1) is 12.3 Å². The number of hydrogen-bond acceptors (Lipinski definition) is 5. The van der Waals surface area contributed by atoms with Gasteiger partial charge in [0.25, 0.3) is 5.56 Å². The van der Waals surface area contributed by atoms with Crippen molar-refractivity contribution in [3.63, 3.8) is 0 Å². The highest BCUT2D eigenvalue weighted by Crippen LogP contribution is 2.51. The van der Waals surface area contributed by atoms with Gasteiger partial charge in [-0.1, -0.05) is 20.8 Å². The van der Waals surface area contributed by atoms with Crippen molar-refractivity contribution in [1.82, 2.24) is 9.55 Å². The fraction of sp³-hybridized carbons (Fsp3) is 0.789. The smallest absolute Gasteiger partial charge is 0.330 e. The minimum Gasteiger partial charge on any atom is -0.368 e. The summed E-state index contributed by atoms with van der Waals surface area (Å²) in [5.74, 6) is 0. The van der Waals surface area contributed by atoms with Crippen LogP contribution in [0.5, 0.6) is 0 Å². The van der Waals surface area contributed by atoms with E-state index in [4.69, 9.17) is 14.2 Å². The van der Waals surface area contributed by atoms with Gasteiger partial charge in [0, 0.05) is 11.8 Å². The number of hydrogen-bond donors (Lipinski definition) is 1. The van der Waals surface area contributed by atoms with Gasteiger partial charge in [0.1, 0.15) is 17.8 Å². The zero-order valence-corrected chi connectivity index (χ0v) is 16.7. The van der Waals surface area contributed by atoms with Gasteiger partial charge in [-0.2, -0.15) is 0 Å². The van der Waals surface area contributed by atoms with E-state index in [0.29, 0.717) is 12.2 Å². The number of aromatic amines is 1. The molecule has 2 aliphatic heterocycles. The average molecular weight is 366 g/mol. The van der Waals surface area contributed by atoms with Gasteiger partial charge < -0.3 is 14.2 Å². The summed E-state index contributed by atoms with van der Waals surface area (Å²) in [7, 11) is 0. The first-order valence-corrected chi connectivity index (χ1v) is 9.11. The fourth-order valence-corrected chi connectivity index (χ4v) is 3.98. The van der Waals surface area contributed by atoms with Crippen molar-refractivity contribution in [3.8, 4) is 0 Å². The quantitative estimate of drug-likeness (QED) is 0.886. The number of aromatic nitrogens is 2. The summed E-state index contributed by atoms with van der Waals surface area (Å²) in [6.07, 6.45) is 0.964. The normalized spacial score (nSPS) is 31.6. The van der Waals surface area contributed by atoms with E-state index < -0.39 is 23.6 Å². The lowest BCUT2D eigenvalue weighted by molar-refractivity contribution is -0.189. The van der Waals surface area contributed by atoms with E-state index in [1.165, 1.54) is 10.8 Å². The molecule has 26 heavy (non-hydrogen) atoms. The predicted molar refractivity (Wildman–Crippen MR) is 97.4 cm³/mol. The number of aryl methyl sites for hydroxylation is 1. The second kappa shape index (κ2) is 6.04. The number of fused-ring (bicyclic) bond motifs is 2. The molecule has 0 aromatic carbocycles. The zero-order valence-electron chi connectivity index (χ0n) is 16.7. The maximum Gasteiger partial charge on any atom is 0.330 e. The Bertz CT molecular complexity index is 798. The summed E-state index contributed by atoms with van der Waals surface area (Å²) in [5.41, 5.74) is -1.43. The molecule has 2 saturated heterocycles. The third kappa shape index (κ3) is 3.52. The molecule has 146 valence electrons. The van der Waals surface area contributed by atoms with Gasteiger partial charge in [0.15, 0.2) is 6.23 Å². The molecule has 0 saturated carbocycles. The van der Waals surface area contributed by atoms with Gasteiger partial charge in [0.05, 0.1) is 12.2 Å². The lowest BCUT2D eigenvalue weighted by atomic mass is 9.80. The van der Waals surface area contributed by atoms with Crippen molar-refractivity contribution in [2.45, 2.75) is 84.5 Å². The van der Waals surface area contributed by atoms with Gasteiger partial charge in [-0.15, -0.1) is 0 Å². The molecule has 2 bridgehead atoms. The van der Waals surface area contributed by atoms with Crippen molar-refractivity contribution >= 4 is 0 Å². The Morgan fingerprint density at radius 3 is 2.50 bits per heavy atom. The lowest BCUT2D eigenvalue weighted by Gasteiger charge is -2.38. The Morgan fingerprint density at radius 2 is 1.92 bits per heavy atom. The molecule has 1 unspecified atom stereocenters. The molecular formula is C19H30N2O5. The molecule has 0 radical (unpaired) electrons. The summed E-state index contributed by atoms with van der Waals surface area (Å²) in [6.45, 7) is 14.5. The van der Waals surface area contributed by atoms with Gasteiger partial charge in [-0.05, 0) is 39.5 Å². The maximum atomic E-state index is 12.4. The average Bonchev–Trinajstić information content (AvgIpc) is 2.90. The van der Waals surface area contributed by atoms with E-state index in [1.54, 1.807) is 6.92 Å². The van der Waals surface area contributed by atoms with Crippen molar-refractivity contribution in [2.24, 2.45) is 5.41 Å². The van der Waals surface area contributed by atoms with Gasteiger partial charge in [0.2, 0.25) is 0 Å². The molecule has 1 aromatic heterocycles. The first-order valence-electron chi connectivity index (χ1n) is 9.11. The van der Waals surface area contributed by atoms with Crippen molar-refractivity contribution < 1.29 is 14.2 Å². The topological polar surface area (TPSA) is 82.6 Å². The molecule has 2 aliphatic rings. The van der Waals surface area contributed by atoms with Gasteiger partial charge in [-0.3, -0.25) is 14.3 Å². The van der Waals surface area contributed by atoms with Crippen LogP contribution in [0.4, 0.5) is 0 Å². The first kappa shape index (κ1) is 19.3. The molecule has 3 heterocycles. The highest BCUT2D eigenvalue weighted by molar-refractivity contribution is 5.11. The fourth-order valence-electron chi connectivity index (χ4n) is 3.98. The lowest BCUT2D eigenvalue weighted by Crippen LogP contribution is -2.47. The standard InChI is InChI=1S/C19H30N2O5/c1-11-8-21(16(23)20-14(11)22)15-12-13(25-18(5,6)7)19(26-15,10-24-12)9-17(2,3)4/h8,12-13,15H,9-10H2,1-7H3,(H,20,22,23)/t12-,13?,15+,19-/m0/s1. The first-order chi connectivity index (χ1) is 11.8. The Morgan fingerprint density at radius 1 is 1.27 bits per heavy atom. The van der Waals surface area contributed by atoms with Crippen LogP contribution in [0.3, 0.4) is 0 Å². The van der Waals surface area contributed by atoms with Gasteiger partial charge in [-0.25, -0.2) is 4.79 Å². The molecule has 7 heteroatoms. The third-order valence-corrected chi connectivity index (χ3v) is 4.70. The van der Waals surface area contributed by atoms with E-state index in [-0.39, 0.29) is 22.7 Å². The second-order valence-electron chi connectivity index (χ2n) is 9.72. The zero-order chi connectivity index (χ0) is 19.5. The molecule has 3 rings (SSSR count). The highest BCUT2D eigenvalue weighted by atomic mass is 16.7. The van der Waals surface area contributed by atoms with Crippen LogP contribution in [-0.2, 0) is 14.2 Å². The van der Waals surface area contributed by atoms with Crippen LogP contribution in [0.1, 0.15) is 59.8 Å². The maximum absolute atomic E-state index is 12.4. The third-order valence-electron chi connectivity index (χ3n) is 4.70. The largest absolute Gasteiger partial charge is 0.368 e. The molecule has 0 aliphatic carbocycles. The Labute approximate surface area is 153 Å². The molecule has 1 aromatic rings. The minimum atomic E-state index is -0.624. The number of nitrogens with one attached hydrogen (secondary N) is 1. The van der Waals surface area contributed by atoms with Crippen LogP contribution in [0.15, 0.2) is 15.8 Å². The summed E-state index contributed by atoms with van der Waals surface area (Å²) >= 11 is 0. The van der Waals surface area contributed by atoms with Crippen LogP contribution in [-0.4, -0.2) is 39.6 Å². The summed E-state index contributed by atoms with van der Waals surface area (Å²) in [4.78, 5) is 26.4. The monoisotopic (exact) mass is 366 g/mol. The van der Waals surface area contributed by atoms with E-state index in [1.807, 2.05) is 20.8 Å². The van der Waals surface area contributed by atoms with E-state index in [2.05, 4.69) is 25.8 Å². The number of H-pyrrole nitrogens is 1. The van der Waals surface area contributed by atoms with Crippen LogP contribution >= 0.6 is 0 Å². The van der Waals surface area contributed by atoms with Crippen molar-refractivity contribution in [1.29, 1.82) is 0 Å². The molecule has 2 fully saturated rings. The molecule has 0 spiro atoms. The Hall–Kier alpha value is -1.44. The summed E-state index contributed by atoms with van der Waals surface area (Å²) in [6, 6.07) is 0. The van der Waals surface area contributed by atoms with Crippen LogP contribution in [0.25, 0.3) is 0 Å². The van der Waals surface area contributed by atoms with Crippen molar-refractivity contribution in [3.05, 3.63) is 32.6 Å².